The SMILES string of the molecule is CC(C)C(CCO)NC(=O)C(S)C(C)C. The van der Waals surface area contributed by atoms with E-state index in [2.05, 4.69) is 17.9 Å². The van der Waals surface area contributed by atoms with Crippen molar-refractivity contribution in [2.24, 2.45) is 11.8 Å². The maximum Gasteiger partial charge on any atom is 0.233 e. The summed E-state index contributed by atoms with van der Waals surface area (Å²) in [6.07, 6.45) is 0.599. The van der Waals surface area contributed by atoms with Crippen molar-refractivity contribution in [1.82, 2.24) is 5.32 Å². The maximum atomic E-state index is 11.7. The molecule has 0 spiro atoms. The molecule has 0 aliphatic heterocycles. The highest BCUT2D eigenvalue weighted by molar-refractivity contribution is 7.81. The lowest BCUT2D eigenvalue weighted by molar-refractivity contribution is -0.122. The van der Waals surface area contributed by atoms with Crippen LogP contribution in [0, 0.1) is 11.8 Å². The molecule has 0 aromatic carbocycles. The van der Waals surface area contributed by atoms with Gasteiger partial charge in [0, 0.05) is 12.6 Å². The van der Waals surface area contributed by atoms with Crippen LogP contribution in [0.2, 0.25) is 0 Å². The van der Waals surface area contributed by atoms with Gasteiger partial charge in [0.25, 0.3) is 0 Å². The molecule has 2 unspecified atom stereocenters. The van der Waals surface area contributed by atoms with Gasteiger partial charge in [-0.25, -0.2) is 0 Å². The van der Waals surface area contributed by atoms with Gasteiger partial charge in [-0.15, -0.1) is 0 Å². The lowest BCUT2D eigenvalue weighted by Gasteiger charge is -2.24. The number of carbonyl (C=O) groups is 1. The van der Waals surface area contributed by atoms with Gasteiger partial charge in [0.15, 0.2) is 0 Å². The molecule has 0 aliphatic carbocycles. The molecule has 0 saturated carbocycles. The van der Waals surface area contributed by atoms with E-state index in [0.717, 1.165) is 0 Å². The standard InChI is InChI=1S/C11H23NO2S/c1-7(2)9(5-6-13)12-11(14)10(15)8(3)4/h7-10,13,15H,5-6H2,1-4H3,(H,12,14). The van der Waals surface area contributed by atoms with Crippen LogP contribution in [0.1, 0.15) is 34.1 Å². The molecular weight excluding hydrogens is 210 g/mol. The minimum absolute atomic E-state index is 0.0379. The summed E-state index contributed by atoms with van der Waals surface area (Å²) < 4.78 is 0. The fourth-order valence-electron chi connectivity index (χ4n) is 1.28. The number of nitrogens with one attached hydrogen (secondary N) is 1. The highest BCUT2D eigenvalue weighted by Crippen LogP contribution is 2.11. The summed E-state index contributed by atoms with van der Waals surface area (Å²) in [5.74, 6) is 0.504. The molecule has 3 nitrogen and oxygen atoms in total. The van der Waals surface area contributed by atoms with Crippen molar-refractivity contribution >= 4 is 18.5 Å². The van der Waals surface area contributed by atoms with E-state index >= 15 is 0 Å². The first-order valence-corrected chi connectivity index (χ1v) is 6.01. The third kappa shape index (κ3) is 5.42. The third-order valence-electron chi connectivity index (χ3n) is 2.47. The zero-order valence-corrected chi connectivity index (χ0v) is 10.9. The number of hydrogen-bond donors (Lipinski definition) is 3. The fourth-order valence-corrected chi connectivity index (χ4v) is 1.36. The second-order valence-electron chi connectivity index (χ2n) is 4.56. The topological polar surface area (TPSA) is 49.3 Å². The number of aliphatic hydroxyl groups excluding tert-OH is 1. The molecule has 0 fully saturated rings. The molecule has 0 saturated heterocycles. The van der Waals surface area contributed by atoms with Gasteiger partial charge in [0.1, 0.15) is 0 Å². The van der Waals surface area contributed by atoms with Crippen molar-refractivity contribution in [3.63, 3.8) is 0 Å². The largest absolute Gasteiger partial charge is 0.396 e. The highest BCUT2D eigenvalue weighted by atomic mass is 32.1. The monoisotopic (exact) mass is 233 g/mol. The van der Waals surface area contributed by atoms with E-state index in [4.69, 9.17) is 5.11 Å². The number of hydrogen-bond acceptors (Lipinski definition) is 3. The second-order valence-corrected chi connectivity index (χ2v) is 5.12. The van der Waals surface area contributed by atoms with E-state index in [1.54, 1.807) is 0 Å². The van der Waals surface area contributed by atoms with Crippen molar-refractivity contribution in [3.05, 3.63) is 0 Å². The first-order valence-electron chi connectivity index (χ1n) is 5.49. The first kappa shape index (κ1) is 14.8. The van der Waals surface area contributed by atoms with Gasteiger partial charge in [-0.2, -0.15) is 12.6 Å². The summed E-state index contributed by atoms with van der Waals surface area (Å²) >= 11 is 4.26. The van der Waals surface area contributed by atoms with Gasteiger partial charge >= 0.3 is 0 Å². The van der Waals surface area contributed by atoms with Gasteiger partial charge in [-0.1, -0.05) is 27.7 Å². The Labute approximate surface area is 98.0 Å². The van der Waals surface area contributed by atoms with E-state index in [1.807, 2.05) is 27.7 Å². The van der Waals surface area contributed by atoms with E-state index in [1.165, 1.54) is 0 Å². The Morgan fingerprint density at radius 3 is 2.13 bits per heavy atom. The van der Waals surface area contributed by atoms with E-state index in [9.17, 15) is 4.79 Å². The summed E-state index contributed by atoms with van der Waals surface area (Å²) in [5.41, 5.74) is 0. The molecule has 1 amide bonds. The molecule has 0 rings (SSSR count). The summed E-state index contributed by atoms with van der Waals surface area (Å²) in [6, 6.07) is 0.0379. The Morgan fingerprint density at radius 2 is 1.80 bits per heavy atom. The molecule has 2 atom stereocenters. The number of amides is 1. The van der Waals surface area contributed by atoms with Crippen LogP contribution in [0.25, 0.3) is 0 Å². The van der Waals surface area contributed by atoms with Crippen LogP contribution in [0.3, 0.4) is 0 Å². The van der Waals surface area contributed by atoms with Crippen molar-refractivity contribution in [2.45, 2.75) is 45.4 Å². The Hall–Kier alpha value is -0.220. The molecule has 0 aromatic heterocycles. The second kappa shape index (κ2) is 7.12. The lowest BCUT2D eigenvalue weighted by Crippen LogP contribution is -2.44. The molecule has 90 valence electrons. The molecular formula is C11H23NO2S. The molecule has 0 heterocycles. The molecule has 0 aromatic rings. The summed E-state index contributed by atoms with van der Waals surface area (Å²) in [6.45, 7) is 8.09. The van der Waals surface area contributed by atoms with E-state index in [0.29, 0.717) is 12.3 Å². The Balaban J connectivity index is 4.22. The van der Waals surface area contributed by atoms with Crippen LogP contribution in [0.15, 0.2) is 0 Å². The van der Waals surface area contributed by atoms with Gasteiger partial charge in [0.05, 0.1) is 5.25 Å². The maximum absolute atomic E-state index is 11.7. The van der Waals surface area contributed by atoms with Crippen LogP contribution in [-0.4, -0.2) is 28.9 Å². The van der Waals surface area contributed by atoms with Crippen molar-refractivity contribution in [1.29, 1.82) is 0 Å². The normalized spacial score (nSPS) is 15.5. The Bertz CT molecular complexity index is 195. The number of aliphatic hydroxyl groups is 1. The number of thiol groups is 1. The van der Waals surface area contributed by atoms with Gasteiger partial charge in [-0.05, 0) is 18.3 Å². The average molecular weight is 233 g/mol. The number of carbonyl (C=O) groups excluding carboxylic acids is 1. The van der Waals surface area contributed by atoms with E-state index < -0.39 is 0 Å². The first-order chi connectivity index (χ1) is 6.90. The average Bonchev–Trinajstić information content (AvgIpc) is 2.15. The van der Waals surface area contributed by atoms with Gasteiger partial charge in [0.2, 0.25) is 5.91 Å². The smallest absolute Gasteiger partial charge is 0.233 e. The van der Waals surface area contributed by atoms with Crippen LogP contribution < -0.4 is 5.32 Å². The summed E-state index contributed by atoms with van der Waals surface area (Å²) in [5, 5.41) is 11.5. The van der Waals surface area contributed by atoms with Crippen LogP contribution in [0.5, 0.6) is 0 Å². The molecule has 4 heteroatoms. The molecule has 0 radical (unpaired) electrons. The van der Waals surface area contributed by atoms with Crippen LogP contribution in [0.4, 0.5) is 0 Å². The van der Waals surface area contributed by atoms with Crippen LogP contribution >= 0.6 is 12.6 Å². The van der Waals surface area contributed by atoms with Gasteiger partial charge in [-0.3, -0.25) is 4.79 Å². The molecule has 15 heavy (non-hydrogen) atoms. The Kier molecular flexibility index (Phi) is 7.02. The highest BCUT2D eigenvalue weighted by Gasteiger charge is 2.22. The van der Waals surface area contributed by atoms with Crippen LogP contribution in [-0.2, 0) is 4.79 Å². The minimum atomic E-state index is -0.273. The fraction of sp³-hybridized carbons (Fsp3) is 0.909. The predicted octanol–water partition coefficient (Wildman–Crippen LogP) is 1.46. The zero-order valence-electron chi connectivity index (χ0n) is 10.0. The molecule has 0 bridgehead atoms. The number of rotatable bonds is 6. The predicted molar refractivity (Wildman–Crippen MR) is 66.1 cm³/mol. The minimum Gasteiger partial charge on any atom is -0.396 e. The lowest BCUT2D eigenvalue weighted by atomic mass is 10.0. The van der Waals surface area contributed by atoms with E-state index in [-0.39, 0.29) is 29.7 Å². The molecule has 2 N–H and O–H groups in total. The summed E-state index contributed by atoms with van der Waals surface area (Å²) in [4.78, 5) is 11.7. The van der Waals surface area contributed by atoms with Crippen molar-refractivity contribution < 1.29 is 9.90 Å². The Morgan fingerprint density at radius 1 is 1.27 bits per heavy atom. The van der Waals surface area contributed by atoms with Crippen molar-refractivity contribution in [2.75, 3.05) is 6.61 Å². The quantitative estimate of drug-likeness (QED) is 0.608. The summed E-state index contributed by atoms with van der Waals surface area (Å²) in [7, 11) is 0. The molecule has 0 aliphatic rings. The zero-order chi connectivity index (χ0) is 12.0. The van der Waals surface area contributed by atoms with Gasteiger partial charge < -0.3 is 10.4 Å². The third-order valence-corrected chi connectivity index (χ3v) is 3.30. The van der Waals surface area contributed by atoms with Crippen molar-refractivity contribution in [3.8, 4) is 0 Å².